The maximum atomic E-state index is 4.22. The molecule has 0 heterocycles. The zero-order valence-corrected chi connectivity index (χ0v) is 25.3. The maximum absolute atomic E-state index is 4.22. The van der Waals surface area contributed by atoms with Gasteiger partial charge in [-0.25, -0.2) is 0 Å². The van der Waals surface area contributed by atoms with E-state index < -0.39 is 0 Å². The van der Waals surface area contributed by atoms with E-state index in [-0.39, 0.29) is 0 Å². The fourth-order valence-electron chi connectivity index (χ4n) is 6.30. The summed E-state index contributed by atoms with van der Waals surface area (Å²) in [7, 11) is 0. The van der Waals surface area contributed by atoms with Gasteiger partial charge in [-0.1, -0.05) is 122 Å². The zero-order valence-electron chi connectivity index (χ0n) is 25.3. The van der Waals surface area contributed by atoms with Crippen LogP contribution in [0.15, 0.2) is 188 Å². The van der Waals surface area contributed by atoms with Gasteiger partial charge in [-0.05, 0) is 89.2 Å². The molecule has 0 N–H and O–H groups in total. The molecule has 0 unspecified atom stereocenters. The fraction of sp³-hybridized carbons (Fsp3) is 0.0233. The molecule has 0 spiro atoms. The third kappa shape index (κ3) is 5.17. The highest BCUT2D eigenvalue weighted by atomic mass is 15.2. The van der Waals surface area contributed by atoms with Crippen LogP contribution < -0.4 is 9.80 Å². The van der Waals surface area contributed by atoms with E-state index in [0.29, 0.717) is 0 Å². The Morgan fingerprint density at radius 1 is 0.489 bits per heavy atom. The van der Waals surface area contributed by atoms with Crippen LogP contribution in [0.2, 0.25) is 0 Å². The normalized spacial score (nSPS) is 11.8. The Balaban J connectivity index is 1.59. The smallest absolute Gasteiger partial charge is 0.0546 e. The van der Waals surface area contributed by atoms with Crippen LogP contribution in [0.3, 0.4) is 0 Å². The van der Waals surface area contributed by atoms with Crippen LogP contribution in [0.5, 0.6) is 0 Å². The second-order valence-corrected chi connectivity index (χ2v) is 11.0. The first-order valence-electron chi connectivity index (χ1n) is 15.4. The third-order valence-electron chi connectivity index (χ3n) is 8.29. The van der Waals surface area contributed by atoms with Crippen LogP contribution in [0.4, 0.5) is 28.4 Å². The molecule has 0 aromatic heterocycles. The van der Waals surface area contributed by atoms with Crippen molar-refractivity contribution in [3.63, 3.8) is 0 Å². The average Bonchev–Trinajstić information content (AvgIpc) is 3.11. The van der Waals surface area contributed by atoms with Crippen molar-refractivity contribution in [3.8, 4) is 0 Å². The lowest BCUT2D eigenvalue weighted by Gasteiger charge is -2.30. The second-order valence-electron chi connectivity index (χ2n) is 11.0. The lowest BCUT2D eigenvalue weighted by molar-refractivity contribution is 1.22. The number of hydrogen-bond acceptors (Lipinski definition) is 2. The number of benzene rings is 7. The monoisotopic (exact) mass is 578 g/mol. The van der Waals surface area contributed by atoms with Crippen LogP contribution in [-0.2, 0) is 0 Å². The fourth-order valence-corrected chi connectivity index (χ4v) is 6.30. The summed E-state index contributed by atoms with van der Waals surface area (Å²) in [5.74, 6) is 0. The predicted octanol–water partition coefficient (Wildman–Crippen LogP) is 12.4. The number of para-hydroxylation sites is 3. The summed E-state index contributed by atoms with van der Waals surface area (Å²) in [6, 6.07) is 54.1. The molecule has 0 saturated heterocycles. The summed E-state index contributed by atoms with van der Waals surface area (Å²) in [4.78, 5) is 4.69. The van der Waals surface area contributed by atoms with Crippen molar-refractivity contribution in [2.75, 3.05) is 9.80 Å². The van der Waals surface area contributed by atoms with Gasteiger partial charge in [0.05, 0.1) is 11.4 Å². The van der Waals surface area contributed by atoms with Crippen molar-refractivity contribution in [3.05, 3.63) is 188 Å². The van der Waals surface area contributed by atoms with Gasteiger partial charge in [-0.2, -0.15) is 0 Å². The van der Waals surface area contributed by atoms with Gasteiger partial charge in [0.15, 0.2) is 0 Å². The largest absolute Gasteiger partial charge is 0.310 e. The van der Waals surface area contributed by atoms with Crippen LogP contribution in [0.1, 0.15) is 6.92 Å². The summed E-state index contributed by atoms with van der Waals surface area (Å²) in [6.45, 7) is 6.25. The van der Waals surface area contributed by atoms with E-state index in [1.54, 1.807) is 0 Å². The van der Waals surface area contributed by atoms with Crippen LogP contribution in [-0.4, -0.2) is 0 Å². The number of rotatable bonds is 8. The average molecular weight is 579 g/mol. The topological polar surface area (TPSA) is 6.48 Å². The number of hydrogen-bond donors (Lipinski definition) is 0. The van der Waals surface area contributed by atoms with Gasteiger partial charge in [0.1, 0.15) is 0 Å². The van der Waals surface area contributed by atoms with Gasteiger partial charge in [-0.3, -0.25) is 0 Å². The number of fused-ring (bicyclic) bond motifs is 5. The first kappa shape index (κ1) is 27.9. The highest BCUT2D eigenvalue weighted by Gasteiger charge is 2.21. The molecule has 0 aliphatic heterocycles. The highest BCUT2D eigenvalue weighted by Crippen LogP contribution is 2.46. The molecule has 7 rings (SSSR count). The number of anilines is 5. The Hall–Kier alpha value is -5.86. The van der Waals surface area contributed by atoms with Crippen molar-refractivity contribution < 1.29 is 0 Å². The van der Waals surface area contributed by atoms with Gasteiger partial charge < -0.3 is 9.80 Å². The molecule has 7 aromatic carbocycles. The van der Waals surface area contributed by atoms with Crippen molar-refractivity contribution in [1.82, 2.24) is 0 Å². The molecule has 0 amide bonds. The summed E-state index contributed by atoms with van der Waals surface area (Å²) in [6.07, 6.45) is 8.17. The zero-order chi connectivity index (χ0) is 30.6. The molecule has 216 valence electrons. The highest BCUT2D eigenvalue weighted by molar-refractivity contribution is 6.24. The Bertz CT molecular complexity index is 2140. The van der Waals surface area contributed by atoms with E-state index in [1.165, 1.54) is 32.3 Å². The van der Waals surface area contributed by atoms with E-state index in [0.717, 1.165) is 34.1 Å². The molecule has 7 aromatic rings. The van der Waals surface area contributed by atoms with Gasteiger partial charge in [0, 0.05) is 33.5 Å². The van der Waals surface area contributed by atoms with E-state index in [1.807, 2.05) is 19.1 Å². The Morgan fingerprint density at radius 3 is 1.40 bits per heavy atom. The van der Waals surface area contributed by atoms with Crippen LogP contribution >= 0.6 is 0 Å². The molecule has 45 heavy (non-hydrogen) atoms. The van der Waals surface area contributed by atoms with Crippen LogP contribution in [0, 0.1) is 0 Å². The Morgan fingerprint density at radius 2 is 0.911 bits per heavy atom. The van der Waals surface area contributed by atoms with Gasteiger partial charge >= 0.3 is 0 Å². The summed E-state index contributed by atoms with van der Waals surface area (Å²) in [5.41, 5.74) is 6.58. The Labute approximate surface area is 265 Å². The minimum absolute atomic E-state index is 1.00. The minimum Gasteiger partial charge on any atom is -0.310 e. The summed E-state index contributed by atoms with van der Waals surface area (Å²) >= 11 is 0. The van der Waals surface area contributed by atoms with Gasteiger partial charge in [0.2, 0.25) is 0 Å². The van der Waals surface area contributed by atoms with Crippen molar-refractivity contribution >= 4 is 60.8 Å². The van der Waals surface area contributed by atoms with Crippen molar-refractivity contribution in [2.45, 2.75) is 6.92 Å². The predicted molar refractivity (Wildman–Crippen MR) is 195 cm³/mol. The molecule has 0 atom stereocenters. The van der Waals surface area contributed by atoms with Crippen molar-refractivity contribution in [2.24, 2.45) is 0 Å². The van der Waals surface area contributed by atoms with E-state index in [9.17, 15) is 0 Å². The molecule has 0 bridgehead atoms. The van der Waals surface area contributed by atoms with Crippen molar-refractivity contribution in [1.29, 1.82) is 0 Å². The number of nitrogens with zero attached hydrogens (tertiary/aromatic N) is 2. The van der Waals surface area contributed by atoms with E-state index in [4.69, 9.17) is 0 Å². The SMILES string of the molecule is C=CC(=CC=CC)N(c1ccccc1)c1cc2c3ccccc3c(N(c3ccccc3)c3ccccc3)cc2c2ccccc12. The van der Waals surface area contributed by atoms with Crippen LogP contribution in [0.25, 0.3) is 32.3 Å². The molecule has 0 saturated carbocycles. The molecule has 0 fully saturated rings. The number of allylic oxidation sites excluding steroid dienone is 4. The van der Waals surface area contributed by atoms with Gasteiger partial charge in [-0.15, -0.1) is 0 Å². The van der Waals surface area contributed by atoms with E-state index in [2.05, 4.69) is 180 Å². The molecule has 0 aliphatic carbocycles. The second kappa shape index (κ2) is 12.4. The summed E-state index contributed by atoms with van der Waals surface area (Å²) in [5, 5.41) is 7.20. The quantitative estimate of drug-likeness (QED) is 0.131. The minimum atomic E-state index is 1.00. The van der Waals surface area contributed by atoms with Gasteiger partial charge in [0.25, 0.3) is 0 Å². The molecule has 0 aliphatic rings. The first-order chi connectivity index (χ1) is 22.3. The lowest BCUT2D eigenvalue weighted by Crippen LogP contribution is -2.15. The lowest BCUT2D eigenvalue weighted by atomic mass is 9.93. The third-order valence-corrected chi connectivity index (χ3v) is 8.29. The maximum Gasteiger partial charge on any atom is 0.0546 e. The molecule has 2 nitrogen and oxygen atoms in total. The molecular formula is C43H34N2. The van der Waals surface area contributed by atoms with E-state index >= 15 is 0 Å². The Kier molecular flexibility index (Phi) is 7.70. The molecular weight excluding hydrogens is 544 g/mol. The molecule has 0 radical (unpaired) electrons. The summed E-state index contributed by atoms with van der Waals surface area (Å²) < 4.78 is 0. The molecule has 2 heteroatoms. The standard InChI is InChI=1S/C43H34N2/c1-3-5-19-32(4-2)44(33-20-9-6-10-21-33)42-30-40-37-27-16-18-29-39(37)43(31-41(40)36-26-15-17-28-38(36)42)45(34-22-11-7-12-23-34)35-24-13-8-14-25-35/h3-31H,2H2,1H3. The first-order valence-corrected chi connectivity index (χ1v) is 15.4.